The molecule has 1 aliphatic rings. The number of hydrogen-bond acceptors (Lipinski definition) is 12. The Morgan fingerprint density at radius 3 is 1.19 bits per heavy atom. The Labute approximate surface area is 485 Å². The fraction of sp³-hybridized carbons (Fsp3) is 0.500. The van der Waals surface area contributed by atoms with Gasteiger partial charge < -0.3 is 9.47 Å². The van der Waals surface area contributed by atoms with Gasteiger partial charge >= 0.3 is 11.9 Å². The van der Waals surface area contributed by atoms with Gasteiger partial charge in [-0.1, -0.05) is 157 Å². The van der Waals surface area contributed by atoms with E-state index in [1.165, 1.54) is 141 Å². The molecule has 7 rings (SSSR count). The van der Waals surface area contributed by atoms with Gasteiger partial charge in [0.15, 0.2) is 0 Å². The Hall–Kier alpha value is -4.18. The maximum absolute atomic E-state index is 12.9. The maximum Gasteiger partial charge on any atom is 0.348 e. The molecule has 0 spiro atoms. The van der Waals surface area contributed by atoms with Gasteiger partial charge in [0.25, 0.3) is 0 Å². The Balaban J connectivity index is 1.16. The molecule has 0 amide bonds. The van der Waals surface area contributed by atoms with Crippen LogP contribution in [0.3, 0.4) is 0 Å². The highest BCUT2D eigenvalue weighted by Crippen LogP contribution is 2.51. The van der Waals surface area contributed by atoms with E-state index in [0.717, 1.165) is 58.0 Å². The summed E-state index contributed by atoms with van der Waals surface area (Å²) < 4.78 is 11.0. The van der Waals surface area contributed by atoms with Crippen LogP contribution in [-0.2, 0) is 19.1 Å². The lowest BCUT2D eigenvalue weighted by molar-refractivity contribution is -0.139. The average Bonchev–Trinajstić information content (AvgIpc) is 4.44. The highest BCUT2D eigenvalue weighted by atomic mass is 32.1. The molecule has 2 unspecified atom stereocenters. The molecule has 0 saturated carbocycles. The largest absolute Gasteiger partial charge is 0.462 e. The first-order valence-electron chi connectivity index (χ1n) is 28.9. The number of unbranched alkanes of at least 4 members (excludes halogenated alkanes) is 12. The topological polar surface area (TPSA) is 100 Å². The van der Waals surface area contributed by atoms with Gasteiger partial charge in [0, 0.05) is 58.5 Å². The third-order valence-corrected chi connectivity index (χ3v) is 28.4. The van der Waals surface area contributed by atoms with Crippen LogP contribution in [0.25, 0.3) is 60.9 Å². The molecule has 0 bridgehead atoms. The van der Waals surface area contributed by atoms with Crippen molar-refractivity contribution in [2.24, 2.45) is 11.8 Å². The Kier molecular flexibility index (Phi) is 24.3. The first-order chi connectivity index (χ1) is 37.6. The molecule has 13 heteroatoms. The molecule has 0 saturated heterocycles. The summed E-state index contributed by atoms with van der Waals surface area (Å²) in [6.07, 6.45) is 26.6. The predicted molar refractivity (Wildman–Crippen MR) is 338 cm³/mol. The standard InChI is InChI=1S/C64H80N2O4S6Si/c1-7-13-17-19-21-23-35-69-63(67)47(41-65)37-49-27-29-51(71-49)53-31-33-55(73-53)57-39-59-61(75-57)62-60(77(59,43-45(11-5)25-15-9-3)44-46(12-6)26-16-10-4)40-58(76-62)56-34-32-54(74-56)52-30-28-50(72-52)38-48(42-66)64(68)70-36-24-22-20-18-14-8-2/h27-34,37-40,45-46H,7-26,35-36,43-44H2,1-6H3/b47-37+,48-38+. The smallest absolute Gasteiger partial charge is 0.348 e. The molecule has 410 valence electrons. The molecule has 6 aromatic heterocycles. The highest BCUT2D eigenvalue weighted by Gasteiger charge is 2.50. The highest BCUT2D eigenvalue weighted by molar-refractivity contribution is 7.34. The van der Waals surface area contributed by atoms with Crippen molar-refractivity contribution in [3.8, 4) is 60.9 Å². The number of carbonyl (C=O) groups is 2. The number of carbonyl (C=O) groups excluding carboxylic acids is 2. The zero-order valence-electron chi connectivity index (χ0n) is 46.5. The van der Waals surface area contributed by atoms with Crippen molar-refractivity contribution >= 4 is 111 Å². The van der Waals surface area contributed by atoms with Crippen LogP contribution in [0, 0.1) is 34.5 Å². The van der Waals surface area contributed by atoms with Crippen molar-refractivity contribution in [2.45, 2.75) is 182 Å². The normalized spacial score (nSPS) is 15.0. The second-order valence-electron chi connectivity index (χ2n) is 20.9. The van der Waals surface area contributed by atoms with E-state index in [-0.39, 0.29) is 11.1 Å². The van der Waals surface area contributed by atoms with Crippen molar-refractivity contribution < 1.29 is 19.1 Å². The lowest BCUT2D eigenvalue weighted by Crippen LogP contribution is -2.56. The van der Waals surface area contributed by atoms with Crippen LogP contribution in [-0.4, -0.2) is 33.2 Å². The van der Waals surface area contributed by atoms with Crippen LogP contribution >= 0.6 is 68.0 Å². The Morgan fingerprint density at radius 2 is 0.818 bits per heavy atom. The first-order valence-corrected chi connectivity index (χ1v) is 36.2. The van der Waals surface area contributed by atoms with Gasteiger partial charge in [-0.25, -0.2) is 9.59 Å². The Bertz CT molecular complexity index is 2780. The van der Waals surface area contributed by atoms with Crippen LogP contribution in [0.4, 0.5) is 0 Å². The summed E-state index contributed by atoms with van der Waals surface area (Å²) in [7, 11) is -2.27. The van der Waals surface area contributed by atoms with Crippen LogP contribution in [0.5, 0.6) is 0 Å². The summed E-state index contributed by atoms with van der Waals surface area (Å²) in [5, 5.41) is 23.2. The minimum Gasteiger partial charge on any atom is -0.462 e. The van der Waals surface area contributed by atoms with E-state index in [9.17, 15) is 20.1 Å². The summed E-state index contributed by atoms with van der Waals surface area (Å²) in [5.41, 5.74) is 0.0893. The summed E-state index contributed by atoms with van der Waals surface area (Å²) >= 11 is 10.9. The number of hydrogen-bond donors (Lipinski definition) is 0. The van der Waals surface area contributed by atoms with Crippen molar-refractivity contribution in [1.82, 2.24) is 0 Å². The second kappa shape index (κ2) is 31.0. The average molecular weight is 1160 g/mol. The van der Waals surface area contributed by atoms with E-state index in [2.05, 4.69) is 102 Å². The third kappa shape index (κ3) is 16.0. The maximum atomic E-state index is 12.9. The third-order valence-electron chi connectivity index (χ3n) is 15.2. The molecular formula is C64H80N2O4S6Si. The van der Waals surface area contributed by atoms with Gasteiger partial charge in [-0.2, -0.15) is 10.5 Å². The lowest BCUT2D eigenvalue weighted by atomic mass is 10.0. The second-order valence-corrected chi connectivity index (χ2v) is 31.5. The van der Waals surface area contributed by atoms with Gasteiger partial charge in [0.1, 0.15) is 31.4 Å². The van der Waals surface area contributed by atoms with E-state index in [0.29, 0.717) is 25.0 Å². The minimum absolute atomic E-state index is 0.0447. The number of fused-ring (bicyclic) bond motifs is 3. The number of esters is 2. The predicted octanol–water partition coefficient (Wildman–Crippen LogP) is 20.3. The molecule has 0 aromatic carbocycles. The fourth-order valence-electron chi connectivity index (χ4n) is 10.8. The van der Waals surface area contributed by atoms with Crippen molar-refractivity contribution in [1.29, 1.82) is 10.5 Å². The molecule has 0 radical (unpaired) electrons. The van der Waals surface area contributed by atoms with Crippen LogP contribution < -0.4 is 10.4 Å². The van der Waals surface area contributed by atoms with Gasteiger partial charge in [0.2, 0.25) is 0 Å². The van der Waals surface area contributed by atoms with Crippen molar-refractivity contribution in [2.75, 3.05) is 13.2 Å². The summed E-state index contributed by atoms with van der Waals surface area (Å²) in [6, 6.07) is 29.4. The van der Waals surface area contributed by atoms with E-state index in [1.807, 2.05) is 57.5 Å². The quantitative estimate of drug-likeness (QED) is 0.0131. The number of nitriles is 2. The van der Waals surface area contributed by atoms with Gasteiger partial charge in [-0.3, -0.25) is 0 Å². The molecule has 0 aliphatic carbocycles. The SMILES string of the molecule is CCCCCCCCOC(=O)/C(C#N)=C/c1ccc(-c2ccc(-c3cc4c(s3)-c3sc(-c5ccc(-c6ccc(/C=C(\C#N)C(=O)OCCCCCCCC)s6)s5)cc3[Si]4(CC(CC)CCCC)CC(CC)CCCC)s2)s1. The minimum atomic E-state index is -2.27. The van der Waals surface area contributed by atoms with Crippen LogP contribution in [0.15, 0.2) is 71.8 Å². The molecule has 1 aliphatic heterocycles. The number of thiophene rings is 6. The summed E-state index contributed by atoms with van der Waals surface area (Å²) in [5.74, 6) is 0.295. The number of nitrogens with zero attached hydrogens (tertiary/aromatic N) is 2. The zero-order chi connectivity index (χ0) is 54.6. The molecule has 0 N–H and O–H groups in total. The van der Waals surface area contributed by atoms with Crippen molar-refractivity contribution in [3.05, 3.63) is 81.6 Å². The molecule has 7 heterocycles. The van der Waals surface area contributed by atoms with E-state index >= 15 is 0 Å². The van der Waals surface area contributed by atoms with Crippen LogP contribution in [0.2, 0.25) is 12.1 Å². The molecule has 0 fully saturated rings. The zero-order valence-corrected chi connectivity index (χ0v) is 52.4. The first kappa shape index (κ1) is 60.5. The lowest BCUT2D eigenvalue weighted by Gasteiger charge is -2.35. The Morgan fingerprint density at radius 1 is 0.468 bits per heavy atom. The van der Waals surface area contributed by atoms with Gasteiger partial charge in [0.05, 0.1) is 13.2 Å². The summed E-state index contributed by atoms with van der Waals surface area (Å²) in [4.78, 5) is 40.4. The number of ether oxygens (including phenoxy) is 2. The molecule has 2 atom stereocenters. The van der Waals surface area contributed by atoms with E-state index in [4.69, 9.17) is 9.47 Å². The van der Waals surface area contributed by atoms with Crippen molar-refractivity contribution in [3.63, 3.8) is 0 Å². The van der Waals surface area contributed by atoms with E-state index < -0.39 is 20.0 Å². The van der Waals surface area contributed by atoms with E-state index in [1.54, 1.807) is 45.2 Å². The molecule has 6 aromatic rings. The molecular weight excluding hydrogens is 1080 g/mol. The van der Waals surface area contributed by atoms with Gasteiger partial charge in [-0.05, 0) is 120 Å². The summed E-state index contributed by atoms with van der Waals surface area (Å²) in [6.45, 7) is 14.6. The monoisotopic (exact) mass is 1160 g/mol. The van der Waals surface area contributed by atoms with Gasteiger partial charge in [-0.15, -0.1) is 68.0 Å². The number of rotatable bonds is 34. The molecule has 77 heavy (non-hydrogen) atoms. The fourth-order valence-corrected chi connectivity index (χ4v) is 25.4. The van der Waals surface area contributed by atoms with Crippen LogP contribution in [0.1, 0.15) is 180 Å². The molecule has 6 nitrogen and oxygen atoms in total.